The van der Waals surface area contributed by atoms with Crippen molar-refractivity contribution in [3.63, 3.8) is 0 Å². The van der Waals surface area contributed by atoms with Gasteiger partial charge in [-0.25, -0.2) is 15.0 Å². The van der Waals surface area contributed by atoms with Crippen molar-refractivity contribution in [1.82, 2.24) is 24.5 Å². The van der Waals surface area contributed by atoms with E-state index in [2.05, 4.69) is 101 Å². The van der Waals surface area contributed by atoms with Crippen LogP contribution in [0.2, 0.25) is 0 Å². The Morgan fingerprint density at radius 1 is 0.440 bits per heavy atom. The van der Waals surface area contributed by atoms with Gasteiger partial charge in [0.15, 0.2) is 23.1 Å². The molecule has 50 heavy (non-hydrogen) atoms. The highest BCUT2D eigenvalue weighted by atomic mass is 16.3. The van der Waals surface area contributed by atoms with E-state index in [-0.39, 0.29) is 0 Å². The molecule has 4 aromatic heterocycles. The van der Waals surface area contributed by atoms with E-state index in [4.69, 9.17) is 19.4 Å². The summed E-state index contributed by atoms with van der Waals surface area (Å²) >= 11 is 0. The number of para-hydroxylation sites is 3. The molecule has 0 fully saturated rings. The Balaban J connectivity index is 1.19. The fraction of sp³-hybridized carbons (Fsp3) is 0. The minimum Gasteiger partial charge on any atom is -0.454 e. The van der Waals surface area contributed by atoms with Crippen molar-refractivity contribution in [2.45, 2.75) is 0 Å². The van der Waals surface area contributed by atoms with Crippen LogP contribution in [-0.2, 0) is 0 Å². The Bertz CT molecular complexity index is 2800. The monoisotopic (exact) mass is 641 g/mol. The fourth-order valence-corrected chi connectivity index (χ4v) is 7.07. The number of aromatic nitrogens is 5. The summed E-state index contributed by atoms with van der Waals surface area (Å²) in [5.74, 6) is 1.74. The summed E-state index contributed by atoms with van der Waals surface area (Å²) in [4.78, 5) is 19.5. The van der Waals surface area contributed by atoms with Gasteiger partial charge in [0.05, 0.1) is 17.2 Å². The standard InChI is InChI=1S/C44H27N5O/c1-4-13-28(14-5-1)42-46-43(29-15-6-2-7-16-29)48-44(47-42)36-26-45-27-39-40(36)35-21-12-20-32(41(35)50-39)30-23-24-34-33-19-10-11-22-37(33)49(38(34)25-30)31-17-8-3-9-18-31/h1-27H. The lowest BCUT2D eigenvalue weighted by atomic mass is 10.00. The molecule has 0 unspecified atom stereocenters. The number of pyridine rings is 1. The second-order valence-electron chi connectivity index (χ2n) is 12.3. The Kier molecular flexibility index (Phi) is 6.39. The maximum Gasteiger partial charge on any atom is 0.166 e. The second kappa shape index (κ2) is 11.4. The van der Waals surface area contributed by atoms with E-state index in [1.54, 1.807) is 6.20 Å². The fourth-order valence-electron chi connectivity index (χ4n) is 7.07. The SMILES string of the molecule is c1ccc(-c2nc(-c3ccccc3)nc(-c3cncc4oc5c(-c6ccc7c8ccccc8n(-c8ccccc8)c7c6)cccc5c34)n2)cc1. The summed E-state index contributed by atoms with van der Waals surface area (Å²) in [6, 6.07) is 52.1. The molecule has 0 aliphatic carbocycles. The zero-order valence-corrected chi connectivity index (χ0v) is 26.7. The van der Waals surface area contributed by atoms with Crippen molar-refractivity contribution in [3.8, 4) is 51.0 Å². The molecule has 6 heteroatoms. The Hall–Kier alpha value is -6.92. The van der Waals surface area contributed by atoms with E-state index in [0.717, 1.165) is 55.4 Å². The van der Waals surface area contributed by atoms with Crippen molar-refractivity contribution in [2.75, 3.05) is 0 Å². The normalized spacial score (nSPS) is 11.6. The molecule has 6 aromatic carbocycles. The van der Waals surface area contributed by atoms with E-state index in [1.165, 1.54) is 16.3 Å². The first-order valence-electron chi connectivity index (χ1n) is 16.6. The molecule has 0 saturated heterocycles. The van der Waals surface area contributed by atoms with Crippen molar-refractivity contribution >= 4 is 43.7 Å². The van der Waals surface area contributed by atoms with Crippen LogP contribution in [0.4, 0.5) is 0 Å². The highest BCUT2D eigenvalue weighted by Crippen LogP contribution is 2.41. The molecule has 0 amide bonds. The van der Waals surface area contributed by atoms with Gasteiger partial charge in [-0.15, -0.1) is 0 Å². The van der Waals surface area contributed by atoms with Crippen LogP contribution in [-0.4, -0.2) is 24.5 Å². The van der Waals surface area contributed by atoms with Gasteiger partial charge < -0.3 is 8.98 Å². The summed E-state index contributed by atoms with van der Waals surface area (Å²) < 4.78 is 9.01. The van der Waals surface area contributed by atoms with Gasteiger partial charge in [-0.05, 0) is 29.8 Å². The minimum absolute atomic E-state index is 0.540. The summed E-state index contributed by atoms with van der Waals surface area (Å²) in [5.41, 5.74) is 9.57. The third kappa shape index (κ3) is 4.50. The van der Waals surface area contributed by atoms with Gasteiger partial charge in [-0.1, -0.05) is 127 Å². The molecule has 0 bridgehead atoms. The molecule has 6 nitrogen and oxygen atoms in total. The molecule has 0 N–H and O–H groups in total. The first-order valence-corrected chi connectivity index (χ1v) is 16.6. The van der Waals surface area contributed by atoms with Crippen LogP contribution in [0, 0.1) is 0 Å². The zero-order chi connectivity index (χ0) is 33.0. The van der Waals surface area contributed by atoms with Crippen LogP contribution in [0.25, 0.3) is 94.7 Å². The lowest BCUT2D eigenvalue weighted by Crippen LogP contribution is -2.00. The molecule has 10 aromatic rings. The molecule has 10 rings (SSSR count). The quantitative estimate of drug-likeness (QED) is 0.187. The van der Waals surface area contributed by atoms with Gasteiger partial charge >= 0.3 is 0 Å². The van der Waals surface area contributed by atoms with Crippen LogP contribution in [0.3, 0.4) is 0 Å². The first-order chi connectivity index (χ1) is 24.8. The average Bonchev–Trinajstić information content (AvgIpc) is 3.74. The maximum absolute atomic E-state index is 6.68. The summed E-state index contributed by atoms with van der Waals surface area (Å²) in [7, 11) is 0. The van der Waals surface area contributed by atoms with E-state index in [1.807, 2.05) is 66.9 Å². The highest BCUT2D eigenvalue weighted by Gasteiger charge is 2.21. The van der Waals surface area contributed by atoms with Gasteiger partial charge in [0.25, 0.3) is 0 Å². The number of hydrogen-bond acceptors (Lipinski definition) is 5. The van der Waals surface area contributed by atoms with E-state index >= 15 is 0 Å². The molecule has 0 spiro atoms. The number of nitrogens with zero attached hydrogens (tertiary/aromatic N) is 5. The first kappa shape index (κ1) is 28.1. The van der Waals surface area contributed by atoms with Crippen molar-refractivity contribution < 1.29 is 4.42 Å². The van der Waals surface area contributed by atoms with E-state index in [9.17, 15) is 0 Å². The number of benzene rings is 6. The van der Waals surface area contributed by atoms with E-state index < -0.39 is 0 Å². The number of hydrogen-bond donors (Lipinski definition) is 0. The Morgan fingerprint density at radius 2 is 1.06 bits per heavy atom. The summed E-state index contributed by atoms with van der Waals surface area (Å²) in [5, 5.41) is 4.31. The second-order valence-corrected chi connectivity index (χ2v) is 12.3. The number of rotatable bonds is 5. The highest BCUT2D eigenvalue weighted by molar-refractivity contribution is 6.15. The average molecular weight is 642 g/mol. The van der Waals surface area contributed by atoms with Crippen molar-refractivity contribution in [2.24, 2.45) is 0 Å². The topological polar surface area (TPSA) is 69.6 Å². The smallest absolute Gasteiger partial charge is 0.166 e. The molecule has 234 valence electrons. The lowest BCUT2D eigenvalue weighted by Gasteiger charge is -2.09. The molecule has 0 aliphatic rings. The lowest BCUT2D eigenvalue weighted by molar-refractivity contribution is 0.668. The van der Waals surface area contributed by atoms with Crippen molar-refractivity contribution in [1.29, 1.82) is 0 Å². The molecular formula is C44H27N5O. The Morgan fingerprint density at radius 3 is 1.80 bits per heavy atom. The molecule has 4 heterocycles. The van der Waals surface area contributed by atoms with Crippen molar-refractivity contribution in [3.05, 3.63) is 164 Å². The van der Waals surface area contributed by atoms with Crippen LogP contribution < -0.4 is 0 Å². The molecule has 0 saturated carbocycles. The third-order valence-electron chi connectivity index (χ3n) is 9.35. The van der Waals surface area contributed by atoms with Gasteiger partial charge in [-0.3, -0.25) is 4.98 Å². The van der Waals surface area contributed by atoms with Crippen LogP contribution >= 0.6 is 0 Å². The van der Waals surface area contributed by atoms with Gasteiger partial charge in [0, 0.05) is 55.7 Å². The van der Waals surface area contributed by atoms with E-state index in [0.29, 0.717) is 23.1 Å². The maximum atomic E-state index is 6.68. The van der Waals surface area contributed by atoms with Gasteiger partial charge in [0.1, 0.15) is 5.58 Å². The molecular weight excluding hydrogens is 615 g/mol. The van der Waals surface area contributed by atoms with Crippen LogP contribution in [0.15, 0.2) is 168 Å². The predicted molar refractivity (Wildman–Crippen MR) is 201 cm³/mol. The summed E-state index contributed by atoms with van der Waals surface area (Å²) in [6.45, 7) is 0. The minimum atomic E-state index is 0.540. The largest absolute Gasteiger partial charge is 0.454 e. The zero-order valence-electron chi connectivity index (χ0n) is 26.7. The summed E-state index contributed by atoms with van der Waals surface area (Å²) in [6.07, 6.45) is 3.60. The molecule has 0 aliphatic heterocycles. The van der Waals surface area contributed by atoms with Gasteiger partial charge in [-0.2, -0.15) is 0 Å². The van der Waals surface area contributed by atoms with Gasteiger partial charge in [0.2, 0.25) is 0 Å². The number of fused-ring (bicyclic) bond motifs is 6. The van der Waals surface area contributed by atoms with Crippen LogP contribution in [0.1, 0.15) is 0 Å². The van der Waals surface area contributed by atoms with Crippen LogP contribution in [0.5, 0.6) is 0 Å². The predicted octanol–water partition coefficient (Wildman–Crippen LogP) is 10.9. The number of furan rings is 1. The molecule has 0 radical (unpaired) electrons. The third-order valence-corrected chi connectivity index (χ3v) is 9.35. The molecule has 0 atom stereocenters. The Labute approximate surface area is 287 Å².